The molecule has 7 nitrogen and oxygen atoms in total. The molecule has 0 saturated heterocycles. The van der Waals surface area contributed by atoms with Crippen LogP contribution in [0.5, 0.6) is 11.5 Å². The lowest BCUT2D eigenvalue weighted by molar-refractivity contribution is 0.0953. The largest absolute Gasteiger partial charge is 0.497 e. The topological polar surface area (TPSA) is 94.8 Å². The van der Waals surface area contributed by atoms with E-state index in [1.165, 1.54) is 6.07 Å². The molecule has 4 aromatic rings. The molecular formula is C27H25NO6S. The Morgan fingerprint density at radius 2 is 1.49 bits per heavy atom. The lowest BCUT2D eigenvalue weighted by Gasteiger charge is -2.07. The first kappa shape index (κ1) is 24.1. The van der Waals surface area contributed by atoms with Gasteiger partial charge in [0.15, 0.2) is 5.76 Å². The van der Waals surface area contributed by atoms with E-state index in [0.29, 0.717) is 22.6 Å². The maximum absolute atomic E-state index is 12.5. The molecule has 0 fully saturated rings. The van der Waals surface area contributed by atoms with E-state index in [2.05, 4.69) is 4.72 Å². The number of benzene rings is 3. The Kier molecular flexibility index (Phi) is 7.22. The smallest absolute Gasteiger partial charge is 0.300 e. The van der Waals surface area contributed by atoms with Gasteiger partial charge in [0, 0.05) is 5.56 Å². The summed E-state index contributed by atoms with van der Waals surface area (Å²) in [5.74, 6) is 0.712. The monoisotopic (exact) mass is 491 g/mol. The number of nitrogens with one attached hydrogen (secondary N) is 1. The third kappa shape index (κ3) is 6.30. The highest BCUT2D eigenvalue weighted by atomic mass is 32.2. The van der Waals surface area contributed by atoms with E-state index in [1.807, 2.05) is 48.5 Å². The Morgan fingerprint density at radius 1 is 0.886 bits per heavy atom. The molecule has 0 atom stereocenters. The first-order valence-electron chi connectivity index (χ1n) is 10.9. The molecule has 0 unspecified atom stereocenters. The van der Waals surface area contributed by atoms with Gasteiger partial charge in [-0.15, -0.1) is 0 Å². The van der Waals surface area contributed by atoms with Gasteiger partial charge >= 0.3 is 0 Å². The summed E-state index contributed by atoms with van der Waals surface area (Å²) in [4.78, 5) is 12.5. The maximum Gasteiger partial charge on any atom is 0.300 e. The van der Waals surface area contributed by atoms with E-state index >= 15 is 0 Å². The van der Waals surface area contributed by atoms with Crippen molar-refractivity contribution in [2.45, 2.75) is 19.3 Å². The van der Waals surface area contributed by atoms with E-state index in [4.69, 9.17) is 13.9 Å². The van der Waals surface area contributed by atoms with Crippen molar-refractivity contribution < 1.29 is 27.1 Å². The molecule has 4 rings (SSSR count). The number of amides is 1. The molecule has 0 radical (unpaired) electrons. The van der Waals surface area contributed by atoms with Crippen molar-refractivity contribution in [1.82, 2.24) is 4.72 Å². The van der Waals surface area contributed by atoms with E-state index in [1.54, 1.807) is 44.4 Å². The van der Waals surface area contributed by atoms with Crippen LogP contribution in [0.2, 0.25) is 0 Å². The number of carbonyl (C=O) groups excluding carboxylic acids is 1. The van der Waals surface area contributed by atoms with Crippen LogP contribution in [-0.2, 0) is 22.4 Å². The maximum atomic E-state index is 12.5. The van der Waals surface area contributed by atoms with Gasteiger partial charge in [0.25, 0.3) is 5.91 Å². The molecule has 0 aliphatic rings. The molecule has 0 aliphatic carbocycles. The van der Waals surface area contributed by atoms with Gasteiger partial charge in [0.05, 0.1) is 12.9 Å². The van der Waals surface area contributed by atoms with Crippen molar-refractivity contribution in [2.75, 3.05) is 7.11 Å². The number of hydrogen-bond acceptors (Lipinski definition) is 6. The van der Waals surface area contributed by atoms with E-state index in [-0.39, 0.29) is 18.1 Å². The average molecular weight is 492 g/mol. The standard InChI is InChI=1S/C27H25NO6S/c1-19-23(16-26(34-19)27(29)28-35(30,31)18-20-6-4-3-5-7-20)17-33-25-14-10-22(11-15-25)21-8-12-24(32-2)13-9-21/h3-16H,17-18H2,1-2H3,(H,28,29). The van der Waals surface area contributed by atoms with Gasteiger partial charge in [-0.1, -0.05) is 54.6 Å². The summed E-state index contributed by atoms with van der Waals surface area (Å²) in [6, 6.07) is 25.5. The Hall–Kier alpha value is -4.04. The van der Waals surface area contributed by atoms with Crippen LogP contribution in [0.3, 0.4) is 0 Å². The van der Waals surface area contributed by atoms with Crippen molar-refractivity contribution in [3.63, 3.8) is 0 Å². The molecule has 0 spiro atoms. The van der Waals surface area contributed by atoms with E-state index in [0.717, 1.165) is 16.9 Å². The molecule has 1 amide bonds. The van der Waals surface area contributed by atoms with Crippen molar-refractivity contribution in [3.8, 4) is 22.6 Å². The van der Waals surface area contributed by atoms with Gasteiger partial charge in [-0.3, -0.25) is 4.79 Å². The molecule has 0 aliphatic heterocycles. The highest BCUT2D eigenvalue weighted by Gasteiger charge is 2.21. The fourth-order valence-electron chi connectivity index (χ4n) is 3.48. The quantitative estimate of drug-likeness (QED) is 0.350. The summed E-state index contributed by atoms with van der Waals surface area (Å²) in [5, 5.41) is 0. The van der Waals surface area contributed by atoms with Gasteiger partial charge in [-0.2, -0.15) is 0 Å². The molecule has 8 heteroatoms. The van der Waals surface area contributed by atoms with Gasteiger partial charge in [-0.05, 0) is 53.9 Å². The fourth-order valence-corrected chi connectivity index (χ4v) is 4.57. The Morgan fingerprint density at radius 3 is 2.09 bits per heavy atom. The van der Waals surface area contributed by atoms with Crippen molar-refractivity contribution in [1.29, 1.82) is 0 Å². The van der Waals surface area contributed by atoms with Gasteiger partial charge in [0.2, 0.25) is 10.0 Å². The molecule has 35 heavy (non-hydrogen) atoms. The number of rotatable bonds is 9. The summed E-state index contributed by atoms with van der Waals surface area (Å²) >= 11 is 0. The number of sulfonamides is 1. The Labute approximate surface area is 204 Å². The Balaban J connectivity index is 1.36. The summed E-state index contributed by atoms with van der Waals surface area (Å²) in [5.41, 5.74) is 3.32. The van der Waals surface area contributed by atoms with Crippen LogP contribution >= 0.6 is 0 Å². The van der Waals surface area contributed by atoms with Crippen LogP contribution < -0.4 is 14.2 Å². The van der Waals surface area contributed by atoms with Crippen molar-refractivity contribution in [3.05, 3.63) is 108 Å². The average Bonchev–Trinajstić information content (AvgIpc) is 3.24. The zero-order chi connectivity index (χ0) is 24.8. The first-order valence-corrected chi connectivity index (χ1v) is 12.5. The second-order valence-electron chi connectivity index (χ2n) is 7.91. The second kappa shape index (κ2) is 10.5. The SMILES string of the molecule is COc1ccc(-c2ccc(OCc3cc(C(=O)NS(=O)(=O)Cc4ccccc4)oc3C)cc2)cc1. The van der Waals surface area contributed by atoms with Crippen molar-refractivity contribution >= 4 is 15.9 Å². The molecule has 1 N–H and O–H groups in total. The van der Waals surface area contributed by atoms with Crippen LogP contribution in [0.1, 0.15) is 27.4 Å². The third-order valence-electron chi connectivity index (χ3n) is 5.36. The molecule has 1 heterocycles. The molecule has 180 valence electrons. The summed E-state index contributed by atoms with van der Waals surface area (Å²) in [6.07, 6.45) is 0. The number of aryl methyl sites for hydroxylation is 1. The highest BCUT2D eigenvalue weighted by Crippen LogP contribution is 2.25. The van der Waals surface area contributed by atoms with Crippen LogP contribution in [0.4, 0.5) is 0 Å². The lowest BCUT2D eigenvalue weighted by atomic mass is 10.1. The fraction of sp³-hybridized carbons (Fsp3) is 0.148. The van der Waals surface area contributed by atoms with Gasteiger partial charge < -0.3 is 13.9 Å². The minimum atomic E-state index is -3.87. The number of methoxy groups -OCH3 is 1. The van der Waals surface area contributed by atoms with Crippen LogP contribution in [0.15, 0.2) is 89.3 Å². The Bertz CT molecular complexity index is 1390. The predicted molar refractivity (Wildman–Crippen MR) is 133 cm³/mol. The molecule has 0 bridgehead atoms. The minimum absolute atomic E-state index is 0.0902. The van der Waals surface area contributed by atoms with Crippen LogP contribution in [-0.4, -0.2) is 21.4 Å². The number of ether oxygens (including phenoxy) is 2. The van der Waals surface area contributed by atoms with Crippen LogP contribution in [0, 0.1) is 6.92 Å². The zero-order valence-electron chi connectivity index (χ0n) is 19.4. The molecular weight excluding hydrogens is 466 g/mol. The zero-order valence-corrected chi connectivity index (χ0v) is 20.2. The van der Waals surface area contributed by atoms with Gasteiger partial charge in [-0.25, -0.2) is 13.1 Å². The van der Waals surface area contributed by atoms with Gasteiger partial charge in [0.1, 0.15) is 23.9 Å². The lowest BCUT2D eigenvalue weighted by Crippen LogP contribution is -2.31. The molecule has 0 saturated carbocycles. The van der Waals surface area contributed by atoms with Crippen LogP contribution in [0.25, 0.3) is 11.1 Å². The third-order valence-corrected chi connectivity index (χ3v) is 6.57. The van der Waals surface area contributed by atoms with E-state index < -0.39 is 15.9 Å². The first-order chi connectivity index (χ1) is 16.8. The molecule has 1 aromatic heterocycles. The minimum Gasteiger partial charge on any atom is -0.497 e. The predicted octanol–water partition coefficient (Wildman–Crippen LogP) is 5.10. The van der Waals surface area contributed by atoms with Crippen molar-refractivity contribution in [2.24, 2.45) is 0 Å². The highest BCUT2D eigenvalue weighted by molar-refractivity contribution is 7.89. The summed E-state index contributed by atoms with van der Waals surface area (Å²) in [7, 11) is -2.24. The molecule has 3 aromatic carbocycles. The second-order valence-corrected chi connectivity index (χ2v) is 9.63. The normalized spacial score (nSPS) is 11.1. The number of furan rings is 1. The number of hydrogen-bond donors (Lipinski definition) is 1. The summed E-state index contributed by atoms with van der Waals surface area (Å²) < 4.78 is 43.3. The summed E-state index contributed by atoms with van der Waals surface area (Å²) in [6.45, 7) is 1.86. The van der Waals surface area contributed by atoms with E-state index in [9.17, 15) is 13.2 Å². The number of carbonyl (C=O) groups is 1.